The molecule has 0 aliphatic heterocycles. The molecule has 0 atom stereocenters. The largest absolute Gasteiger partial charge is 0.398 e. The summed E-state index contributed by atoms with van der Waals surface area (Å²) in [7, 11) is -4.01. The maximum Gasteiger partial charge on any atom is 0.280 e. The Balaban J connectivity index is 3.28. The molecule has 1 aromatic heterocycles. The smallest absolute Gasteiger partial charge is 0.280 e. The van der Waals surface area contributed by atoms with Crippen LogP contribution in [0.5, 0.6) is 0 Å². The number of anilines is 1. The third kappa shape index (κ3) is 2.15. The fourth-order valence-corrected chi connectivity index (χ4v) is 1.42. The summed E-state index contributed by atoms with van der Waals surface area (Å²) in [5.74, 6) is 0. The molecule has 78 valence electrons. The van der Waals surface area contributed by atoms with Gasteiger partial charge in [0.2, 0.25) is 10.0 Å². The fourth-order valence-electron chi connectivity index (χ4n) is 0.832. The van der Waals surface area contributed by atoms with Crippen LogP contribution < -0.4 is 10.9 Å². The van der Waals surface area contributed by atoms with Gasteiger partial charge in [0.15, 0.2) is 0 Å². The van der Waals surface area contributed by atoms with Crippen LogP contribution >= 0.6 is 0 Å². The molecular weight excluding hydrogens is 216 g/mol. The number of halogens is 2. The van der Waals surface area contributed by atoms with Gasteiger partial charge in [0, 0.05) is 6.20 Å². The predicted octanol–water partition coefficient (Wildman–Crippen LogP) is 0.249. The Bertz CT molecular complexity index is 446. The third-order valence-corrected chi connectivity index (χ3v) is 2.40. The molecule has 14 heavy (non-hydrogen) atoms. The highest BCUT2D eigenvalue weighted by Crippen LogP contribution is 2.22. The highest BCUT2D eigenvalue weighted by atomic mass is 32.2. The Morgan fingerprint density at radius 3 is 2.36 bits per heavy atom. The van der Waals surface area contributed by atoms with Gasteiger partial charge in [-0.1, -0.05) is 0 Å². The molecule has 0 fully saturated rings. The number of rotatable bonds is 2. The molecule has 0 spiro atoms. The first-order valence-corrected chi connectivity index (χ1v) is 4.93. The zero-order valence-corrected chi connectivity index (χ0v) is 7.63. The van der Waals surface area contributed by atoms with Crippen LogP contribution in [0.2, 0.25) is 0 Å². The molecule has 0 unspecified atom stereocenters. The second-order valence-corrected chi connectivity index (χ2v) is 4.02. The minimum absolute atomic E-state index is 0.335. The Kier molecular flexibility index (Phi) is 2.67. The van der Waals surface area contributed by atoms with Crippen molar-refractivity contribution in [2.75, 3.05) is 5.73 Å². The van der Waals surface area contributed by atoms with E-state index in [1.165, 1.54) is 0 Å². The summed E-state index contributed by atoms with van der Waals surface area (Å²) < 4.78 is 45.8. The van der Waals surface area contributed by atoms with Crippen molar-refractivity contribution < 1.29 is 17.2 Å². The molecule has 0 aliphatic carbocycles. The van der Waals surface area contributed by atoms with Crippen molar-refractivity contribution in [1.29, 1.82) is 0 Å². The van der Waals surface area contributed by atoms with Gasteiger partial charge in [0.1, 0.15) is 10.6 Å². The SMILES string of the molecule is Nc1cc(C(F)F)ncc1S(N)(=O)=O. The third-order valence-electron chi connectivity index (χ3n) is 1.45. The summed E-state index contributed by atoms with van der Waals surface area (Å²) in [4.78, 5) is 2.76. The van der Waals surface area contributed by atoms with Crippen LogP contribution in [0.1, 0.15) is 12.1 Å². The number of nitrogens with zero attached hydrogens (tertiary/aromatic N) is 1. The number of aromatic nitrogens is 1. The van der Waals surface area contributed by atoms with Crippen LogP contribution in [-0.4, -0.2) is 13.4 Å². The average molecular weight is 223 g/mol. The maximum atomic E-state index is 12.1. The first-order valence-electron chi connectivity index (χ1n) is 3.38. The summed E-state index contributed by atoms with van der Waals surface area (Å²) >= 11 is 0. The van der Waals surface area contributed by atoms with Gasteiger partial charge in [-0.2, -0.15) is 0 Å². The molecule has 1 heterocycles. The highest BCUT2D eigenvalue weighted by Gasteiger charge is 2.16. The van der Waals surface area contributed by atoms with E-state index in [1.54, 1.807) is 0 Å². The van der Waals surface area contributed by atoms with Gasteiger partial charge in [0.25, 0.3) is 6.43 Å². The van der Waals surface area contributed by atoms with E-state index in [2.05, 4.69) is 4.98 Å². The van der Waals surface area contributed by atoms with E-state index in [0.29, 0.717) is 6.20 Å². The summed E-state index contributed by atoms with van der Waals surface area (Å²) in [5, 5.41) is 4.75. The van der Waals surface area contributed by atoms with Gasteiger partial charge >= 0.3 is 0 Å². The molecular formula is C6H7F2N3O2S. The minimum atomic E-state index is -4.01. The number of nitrogen functional groups attached to an aromatic ring is 1. The van der Waals surface area contributed by atoms with Crippen molar-refractivity contribution in [3.05, 3.63) is 18.0 Å². The Labute approximate surface area is 78.8 Å². The van der Waals surface area contributed by atoms with Crippen LogP contribution in [0.25, 0.3) is 0 Å². The van der Waals surface area contributed by atoms with Crippen molar-refractivity contribution in [3.63, 3.8) is 0 Å². The normalized spacial score (nSPS) is 12.0. The standard InChI is InChI=1S/C6H7F2N3O2S/c7-6(8)4-1-3(9)5(2-11-4)14(10,12)13/h1-2,6H,(H2,9,11)(H2,10,12,13). The number of nitrogens with two attached hydrogens (primary N) is 2. The number of primary sulfonamides is 1. The van der Waals surface area contributed by atoms with Crippen molar-refractivity contribution in [3.8, 4) is 0 Å². The van der Waals surface area contributed by atoms with Crippen LogP contribution in [0.4, 0.5) is 14.5 Å². The molecule has 1 rings (SSSR count). The molecule has 0 saturated heterocycles. The molecule has 0 amide bonds. The van der Waals surface area contributed by atoms with Gasteiger partial charge in [0.05, 0.1) is 5.69 Å². The lowest BCUT2D eigenvalue weighted by Crippen LogP contribution is -2.15. The van der Waals surface area contributed by atoms with E-state index >= 15 is 0 Å². The quantitative estimate of drug-likeness (QED) is 0.750. The molecule has 1 aromatic rings. The van der Waals surface area contributed by atoms with Gasteiger partial charge < -0.3 is 5.73 Å². The van der Waals surface area contributed by atoms with Crippen LogP contribution in [0.15, 0.2) is 17.2 Å². The Morgan fingerprint density at radius 1 is 1.43 bits per heavy atom. The fraction of sp³-hybridized carbons (Fsp3) is 0.167. The van der Waals surface area contributed by atoms with Crippen molar-refractivity contribution in [2.45, 2.75) is 11.3 Å². The maximum absolute atomic E-state index is 12.1. The van der Waals surface area contributed by atoms with E-state index in [4.69, 9.17) is 10.9 Å². The highest BCUT2D eigenvalue weighted by molar-refractivity contribution is 7.89. The van der Waals surface area contributed by atoms with E-state index in [9.17, 15) is 17.2 Å². The molecule has 0 aliphatic rings. The first kappa shape index (κ1) is 10.8. The summed E-state index contributed by atoms with van der Waals surface area (Å²) in [6.07, 6.45) is -2.08. The molecule has 5 nitrogen and oxygen atoms in total. The molecule has 0 saturated carbocycles. The summed E-state index contributed by atoms with van der Waals surface area (Å²) in [6.45, 7) is 0. The zero-order valence-electron chi connectivity index (χ0n) is 6.81. The van der Waals surface area contributed by atoms with Gasteiger partial charge in [-0.05, 0) is 6.07 Å². The van der Waals surface area contributed by atoms with Gasteiger partial charge in [-0.25, -0.2) is 22.3 Å². The van der Waals surface area contributed by atoms with Crippen molar-refractivity contribution in [2.24, 2.45) is 5.14 Å². The van der Waals surface area contributed by atoms with E-state index in [-0.39, 0.29) is 5.69 Å². The zero-order chi connectivity index (χ0) is 10.9. The lowest BCUT2D eigenvalue weighted by atomic mass is 10.3. The van der Waals surface area contributed by atoms with E-state index < -0.39 is 27.0 Å². The van der Waals surface area contributed by atoms with Crippen LogP contribution in [0, 0.1) is 0 Å². The van der Waals surface area contributed by atoms with E-state index in [1.807, 2.05) is 0 Å². The molecule has 0 aromatic carbocycles. The topological polar surface area (TPSA) is 99.1 Å². The van der Waals surface area contributed by atoms with Crippen LogP contribution in [0.3, 0.4) is 0 Å². The van der Waals surface area contributed by atoms with Crippen molar-refractivity contribution in [1.82, 2.24) is 4.98 Å². The lowest BCUT2D eigenvalue weighted by Gasteiger charge is -2.04. The second-order valence-electron chi connectivity index (χ2n) is 2.49. The average Bonchev–Trinajstić information content (AvgIpc) is 2.01. The Morgan fingerprint density at radius 2 is 2.00 bits per heavy atom. The predicted molar refractivity (Wildman–Crippen MR) is 45.0 cm³/mol. The first-order chi connectivity index (χ1) is 6.32. The number of hydrogen-bond donors (Lipinski definition) is 2. The Hall–Kier alpha value is -1.28. The van der Waals surface area contributed by atoms with Gasteiger partial charge in [-0.3, -0.25) is 4.98 Å². The summed E-state index contributed by atoms with van der Waals surface area (Å²) in [5.41, 5.74) is 4.29. The van der Waals surface area contributed by atoms with Crippen LogP contribution in [-0.2, 0) is 10.0 Å². The monoisotopic (exact) mass is 223 g/mol. The molecule has 8 heteroatoms. The van der Waals surface area contributed by atoms with E-state index in [0.717, 1.165) is 6.07 Å². The molecule has 4 N–H and O–H groups in total. The summed E-state index contributed by atoms with van der Waals surface area (Å²) in [6, 6.07) is 0.782. The number of alkyl halides is 2. The number of sulfonamides is 1. The lowest BCUT2D eigenvalue weighted by molar-refractivity contribution is 0.146. The van der Waals surface area contributed by atoms with Gasteiger partial charge in [-0.15, -0.1) is 0 Å². The number of hydrogen-bond acceptors (Lipinski definition) is 4. The second kappa shape index (κ2) is 3.46. The van der Waals surface area contributed by atoms with Crippen molar-refractivity contribution >= 4 is 15.7 Å². The molecule has 0 radical (unpaired) electrons. The number of pyridine rings is 1. The molecule has 0 bridgehead atoms. The minimum Gasteiger partial charge on any atom is -0.398 e.